The second-order valence-corrected chi connectivity index (χ2v) is 8.78. The molecule has 3 saturated carbocycles. The van der Waals surface area contributed by atoms with Crippen molar-refractivity contribution in [1.82, 2.24) is 0 Å². The van der Waals surface area contributed by atoms with E-state index in [2.05, 4.69) is 18.8 Å². The summed E-state index contributed by atoms with van der Waals surface area (Å²) in [5, 5.41) is 11.2. The van der Waals surface area contributed by atoms with Crippen LogP contribution < -0.4 is 0 Å². The van der Waals surface area contributed by atoms with Crippen LogP contribution in [-0.2, 0) is 0 Å². The molecule has 0 spiro atoms. The molecule has 3 nitrogen and oxygen atoms in total. The molecule has 6 atom stereocenters. The van der Waals surface area contributed by atoms with Gasteiger partial charge in [-0.1, -0.05) is 24.0 Å². The zero-order chi connectivity index (χ0) is 16.9. The van der Waals surface area contributed by atoms with Gasteiger partial charge in [-0.25, -0.2) is 0 Å². The summed E-state index contributed by atoms with van der Waals surface area (Å²) in [5.41, 5.74) is 3.79. The van der Waals surface area contributed by atoms with Crippen molar-refractivity contribution in [2.45, 2.75) is 77.7 Å². The summed E-state index contributed by atoms with van der Waals surface area (Å²) in [4.78, 5) is 11.1. The fourth-order valence-electron chi connectivity index (χ4n) is 6.70. The third kappa shape index (κ3) is 2.33. The van der Waals surface area contributed by atoms with Crippen molar-refractivity contribution < 1.29 is 4.92 Å². The molecule has 0 bridgehead atoms. The molecule has 3 fully saturated rings. The molecular weight excluding hydrogens is 298 g/mol. The summed E-state index contributed by atoms with van der Waals surface area (Å²) < 4.78 is 0. The minimum atomic E-state index is -0.291. The molecule has 3 heteroatoms. The smallest absolute Gasteiger partial charge is 0.214 e. The maximum absolute atomic E-state index is 11.2. The van der Waals surface area contributed by atoms with E-state index >= 15 is 0 Å². The predicted molar refractivity (Wildman–Crippen MR) is 94.9 cm³/mol. The van der Waals surface area contributed by atoms with Crippen LogP contribution in [0.25, 0.3) is 0 Å². The molecular formula is C21H29NO2. The molecule has 0 N–H and O–H groups in total. The zero-order valence-corrected chi connectivity index (χ0v) is 15.0. The normalized spacial score (nSPS) is 44.0. The van der Waals surface area contributed by atoms with Gasteiger partial charge < -0.3 is 0 Å². The second-order valence-electron chi connectivity index (χ2n) is 8.78. The van der Waals surface area contributed by atoms with E-state index in [0.717, 1.165) is 31.1 Å². The number of nitro groups is 1. The Kier molecular flexibility index (Phi) is 3.98. The lowest BCUT2D eigenvalue weighted by Gasteiger charge is -2.49. The predicted octanol–water partition coefficient (Wildman–Crippen LogP) is 4.99. The van der Waals surface area contributed by atoms with Crippen molar-refractivity contribution in [3.05, 3.63) is 21.3 Å². The molecule has 4 rings (SSSR count). The minimum absolute atomic E-state index is 0.0313. The lowest BCUT2D eigenvalue weighted by molar-refractivity contribution is -0.527. The van der Waals surface area contributed by atoms with E-state index in [1.165, 1.54) is 38.5 Å². The highest BCUT2D eigenvalue weighted by molar-refractivity contribution is 5.30. The van der Waals surface area contributed by atoms with Gasteiger partial charge in [0, 0.05) is 23.7 Å². The number of allylic oxidation sites excluding steroid dienone is 2. The quantitative estimate of drug-likeness (QED) is 0.295. The first-order chi connectivity index (χ1) is 11.5. The summed E-state index contributed by atoms with van der Waals surface area (Å²) in [6.07, 6.45) is 10.1. The molecule has 0 radical (unpaired) electrons. The highest BCUT2D eigenvalue weighted by atomic mass is 16.6. The second kappa shape index (κ2) is 5.90. The standard InChI is InChI=1S/C21H29NO2/c1-3-4-15-6-10-20-19-8-5-14-13-16(22(23)24)7-9-17(14)18(19)11-12-21(15,20)2/h14-16,19-20H,5-13H2,1-2H3/t14?,15-,16?,19-,20+,21-/m1/s1. The molecule has 4 aliphatic rings. The Morgan fingerprint density at radius 3 is 2.71 bits per heavy atom. The molecule has 0 saturated heterocycles. The fourth-order valence-corrected chi connectivity index (χ4v) is 6.70. The van der Waals surface area contributed by atoms with Crippen LogP contribution in [0, 0.1) is 51.0 Å². The van der Waals surface area contributed by atoms with Gasteiger partial charge in [-0.2, -0.15) is 0 Å². The van der Waals surface area contributed by atoms with Crippen LogP contribution in [-0.4, -0.2) is 11.0 Å². The largest absolute Gasteiger partial charge is 0.264 e. The van der Waals surface area contributed by atoms with Gasteiger partial charge in [-0.3, -0.25) is 10.1 Å². The van der Waals surface area contributed by atoms with Crippen molar-refractivity contribution in [1.29, 1.82) is 0 Å². The number of fused-ring (bicyclic) bond motifs is 4. The molecule has 24 heavy (non-hydrogen) atoms. The highest BCUT2D eigenvalue weighted by Crippen LogP contribution is 2.62. The molecule has 0 amide bonds. The van der Waals surface area contributed by atoms with Gasteiger partial charge in [0.15, 0.2) is 0 Å². The summed E-state index contributed by atoms with van der Waals surface area (Å²) in [6, 6.07) is -0.291. The van der Waals surface area contributed by atoms with E-state index in [1.54, 1.807) is 11.1 Å². The van der Waals surface area contributed by atoms with Gasteiger partial charge in [0.05, 0.1) is 0 Å². The monoisotopic (exact) mass is 327 g/mol. The summed E-state index contributed by atoms with van der Waals surface area (Å²) in [5.74, 6) is 9.34. The third-order valence-corrected chi connectivity index (χ3v) is 7.93. The van der Waals surface area contributed by atoms with Gasteiger partial charge >= 0.3 is 0 Å². The Balaban J connectivity index is 1.61. The van der Waals surface area contributed by atoms with Crippen molar-refractivity contribution in [2.75, 3.05) is 0 Å². The lowest BCUT2D eigenvalue weighted by Crippen LogP contribution is -2.41. The third-order valence-electron chi connectivity index (χ3n) is 7.93. The molecule has 0 aromatic rings. The van der Waals surface area contributed by atoms with E-state index < -0.39 is 0 Å². The molecule has 4 aliphatic carbocycles. The summed E-state index contributed by atoms with van der Waals surface area (Å²) in [6.45, 7) is 4.47. The Bertz CT molecular complexity index is 640. The van der Waals surface area contributed by atoms with Crippen LogP contribution in [0.4, 0.5) is 0 Å². The van der Waals surface area contributed by atoms with Crippen molar-refractivity contribution in [3.63, 3.8) is 0 Å². The first kappa shape index (κ1) is 16.2. The molecule has 130 valence electrons. The Labute approximate surface area is 145 Å². The molecule has 0 heterocycles. The van der Waals surface area contributed by atoms with E-state index in [0.29, 0.717) is 17.3 Å². The van der Waals surface area contributed by atoms with Crippen LogP contribution in [0.15, 0.2) is 11.1 Å². The van der Waals surface area contributed by atoms with Gasteiger partial charge in [0.1, 0.15) is 0 Å². The van der Waals surface area contributed by atoms with Crippen molar-refractivity contribution in [3.8, 4) is 11.8 Å². The lowest BCUT2D eigenvalue weighted by atomic mass is 9.55. The van der Waals surface area contributed by atoms with Gasteiger partial charge in [0.25, 0.3) is 0 Å². The maximum Gasteiger partial charge on any atom is 0.214 e. The van der Waals surface area contributed by atoms with Gasteiger partial charge in [-0.15, -0.1) is 5.92 Å². The number of hydrogen-bond donors (Lipinski definition) is 0. The number of nitrogens with zero attached hydrogens (tertiary/aromatic N) is 1. The maximum atomic E-state index is 11.2. The first-order valence-corrected chi connectivity index (χ1v) is 9.82. The van der Waals surface area contributed by atoms with Crippen LogP contribution in [0.2, 0.25) is 0 Å². The SMILES string of the molecule is CC#C[C@@H]1CC[C@H]2[C@@H]3CCC4CC([N+](=O)[O-])CCC4=C3CC[C@]12C. The molecule has 2 unspecified atom stereocenters. The molecule has 0 aromatic heterocycles. The zero-order valence-electron chi connectivity index (χ0n) is 15.0. The Hall–Kier alpha value is -1.30. The Morgan fingerprint density at radius 1 is 1.12 bits per heavy atom. The molecule has 0 aliphatic heterocycles. The van der Waals surface area contributed by atoms with Gasteiger partial charge in [-0.05, 0) is 75.0 Å². The molecule has 0 aromatic carbocycles. The average molecular weight is 327 g/mol. The Morgan fingerprint density at radius 2 is 1.96 bits per heavy atom. The van der Waals surface area contributed by atoms with Crippen LogP contribution in [0.1, 0.15) is 71.6 Å². The number of rotatable bonds is 1. The van der Waals surface area contributed by atoms with Gasteiger partial charge in [0.2, 0.25) is 6.04 Å². The summed E-state index contributed by atoms with van der Waals surface area (Å²) >= 11 is 0. The van der Waals surface area contributed by atoms with E-state index in [1.807, 2.05) is 6.92 Å². The van der Waals surface area contributed by atoms with Crippen molar-refractivity contribution in [2.24, 2.45) is 29.1 Å². The highest BCUT2D eigenvalue weighted by Gasteiger charge is 2.53. The average Bonchev–Trinajstić information content (AvgIpc) is 2.91. The van der Waals surface area contributed by atoms with Crippen LogP contribution in [0.3, 0.4) is 0 Å². The van der Waals surface area contributed by atoms with E-state index in [4.69, 9.17) is 0 Å². The van der Waals surface area contributed by atoms with Crippen molar-refractivity contribution >= 4 is 0 Å². The fraction of sp³-hybridized carbons (Fsp3) is 0.810. The summed E-state index contributed by atoms with van der Waals surface area (Å²) in [7, 11) is 0. The van der Waals surface area contributed by atoms with Crippen LogP contribution in [0.5, 0.6) is 0 Å². The van der Waals surface area contributed by atoms with Crippen LogP contribution >= 0.6 is 0 Å². The topological polar surface area (TPSA) is 43.1 Å². The van der Waals surface area contributed by atoms with E-state index in [9.17, 15) is 10.1 Å². The first-order valence-electron chi connectivity index (χ1n) is 9.82. The van der Waals surface area contributed by atoms with E-state index in [-0.39, 0.29) is 11.0 Å². The number of hydrogen-bond acceptors (Lipinski definition) is 2. The minimum Gasteiger partial charge on any atom is -0.264 e.